The van der Waals surface area contributed by atoms with Crippen LogP contribution in [0.4, 0.5) is 4.39 Å². The zero-order valence-corrected chi connectivity index (χ0v) is 27.9. The van der Waals surface area contributed by atoms with E-state index in [0.717, 1.165) is 49.8 Å². The van der Waals surface area contributed by atoms with Gasteiger partial charge in [-0.3, -0.25) is 14.6 Å². The fraction of sp³-hybridized carbons (Fsp3) is 0.359. The normalized spacial score (nSPS) is 18.1. The summed E-state index contributed by atoms with van der Waals surface area (Å²) in [5.41, 5.74) is 9.78. The summed E-state index contributed by atoms with van der Waals surface area (Å²) in [6.45, 7) is 9.38. The summed E-state index contributed by atoms with van der Waals surface area (Å²) in [6, 6.07) is 21.8. The molecule has 2 aliphatic rings. The molecular weight excluding hydrogens is 607 g/mol. The van der Waals surface area contributed by atoms with Crippen LogP contribution in [0.1, 0.15) is 98.3 Å². The Hall–Kier alpha value is -4.44. The zero-order valence-electron chi connectivity index (χ0n) is 27.9. The summed E-state index contributed by atoms with van der Waals surface area (Å²) < 4.78 is 26.3. The number of para-hydroxylation sites is 1. The van der Waals surface area contributed by atoms with E-state index in [4.69, 9.17) is 15.2 Å². The van der Waals surface area contributed by atoms with Crippen LogP contribution in [-0.4, -0.2) is 29.1 Å². The fourth-order valence-corrected chi connectivity index (χ4v) is 6.35. The average Bonchev–Trinajstić information content (AvgIpc) is 3.81. The summed E-state index contributed by atoms with van der Waals surface area (Å²) in [5.74, 6) is -1.31. The molecule has 4 heterocycles. The summed E-state index contributed by atoms with van der Waals surface area (Å²) in [7, 11) is 0. The van der Waals surface area contributed by atoms with Gasteiger partial charge >= 0.3 is 0 Å². The van der Waals surface area contributed by atoms with Crippen molar-refractivity contribution >= 4 is 27.7 Å². The van der Waals surface area contributed by atoms with Crippen molar-refractivity contribution in [3.63, 3.8) is 0 Å². The highest BCUT2D eigenvalue weighted by Gasteiger charge is 2.28. The Morgan fingerprint density at radius 2 is 1.60 bits per heavy atom. The van der Waals surface area contributed by atoms with Crippen LogP contribution in [-0.2, 0) is 20.6 Å². The largest absolute Gasteiger partial charge is 0.374 e. The Kier molecular flexibility index (Phi) is 9.47. The maximum absolute atomic E-state index is 15.0. The smallest absolute Gasteiger partial charge is 0.255 e. The molecule has 7 rings (SSSR count). The molecule has 0 radical (unpaired) electrons. The number of hydrogen-bond donors (Lipinski definition) is 3. The van der Waals surface area contributed by atoms with Gasteiger partial charge < -0.3 is 25.5 Å². The van der Waals surface area contributed by atoms with Crippen molar-refractivity contribution in [2.45, 2.75) is 76.7 Å². The van der Waals surface area contributed by atoms with E-state index < -0.39 is 17.3 Å². The second-order valence-electron chi connectivity index (χ2n) is 13.8. The number of ether oxygens (including phenoxy) is 2. The number of benzene rings is 3. The first-order valence-corrected chi connectivity index (χ1v) is 16.6. The molecule has 0 aliphatic carbocycles. The topological polar surface area (TPSA) is 119 Å². The highest BCUT2D eigenvalue weighted by atomic mass is 19.1. The lowest BCUT2D eigenvalue weighted by atomic mass is 9.92. The molecule has 9 heteroatoms. The third-order valence-corrected chi connectivity index (χ3v) is 9.16. The molecule has 48 heavy (non-hydrogen) atoms. The second kappa shape index (κ2) is 13.6. The number of pyridine rings is 2. The Morgan fingerprint density at radius 3 is 2.31 bits per heavy atom. The van der Waals surface area contributed by atoms with E-state index in [1.54, 1.807) is 24.4 Å². The first-order chi connectivity index (χ1) is 22.9. The minimum Gasteiger partial charge on any atom is -0.374 e. The molecule has 2 aliphatic heterocycles. The molecule has 250 valence electrons. The number of carbonyl (C=O) groups excluding carboxylic acids is 1. The van der Waals surface area contributed by atoms with Gasteiger partial charge in [-0.2, -0.15) is 0 Å². The number of halogens is 1. The molecule has 1 amide bonds. The fourth-order valence-electron chi connectivity index (χ4n) is 6.35. The van der Waals surface area contributed by atoms with E-state index in [0.29, 0.717) is 16.4 Å². The highest BCUT2D eigenvalue weighted by molar-refractivity contribution is 6.00. The van der Waals surface area contributed by atoms with Crippen LogP contribution in [0.3, 0.4) is 0 Å². The van der Waals surface area contributed by atoms with Crippen LogP contribution in [0.2, 0.25) is 0 Å². The monoisotopic (exact) mass is 650 g/mol. The molecule has 2 fully saturated rings. The molecular formula is C39H43FN4O4. The molecule has 8 nitrogen and oxygen atoms in total. The molecule has 2 atom stereocenters. The molecule has 4 N–H and O–H groups in total. The number of H-pyrrole nitrogens is 1. The number of nitrogens with one attached hydrogen (secondary N) is 2. The number of amides is 1. The van der Waals surface area contributed by atoms with Crippen LogP contribution >= 0.6 is 0 Å². The van der Waals surface area contributed by atoms with E-state index >= 15 is 0 Å². The summed E-state index contributed by atoms with van der Waals surface area (Å²) in [6.07, 6.45) is 6.16. The Bertz CT molecular complexity index is 2000. The summed E-state index contributed by atoms with van der Waals surface area (Å²) in [4.78, 5) is 33.4. The maximum Gasteiger partial charge on any atom is 0.255 e. The van der Waals surface area contributed by atoms with Crippen LogP contribution in [0, 0.1) is 5.82 Å². The first-order valence-electron chi connectivity index (χ1n) is 16.6. The number of carbonyl (C=O) groups is 1. The van der Waals surface area contributed by atoms with E-state index in [1.807, 2.05) is 45.9 Å². The number of fused-ring (bicyclic) bond motifs is 2. The molecule has 2 aromatic heterocycles. The van der Waals surface area contributed by atoms with Crippen molar-refractivity contribution in [1.82, 2.24) is 15.3 Å². The molecule has 3 aromatic carbocycles. The van der Waals surface area contributed by atoms with Gasteiger partial charge in [0.1, 0.15) is 5.82 Å². The third kappa shape index (κ3) is 7.18. The average molecular weight is 651 g/mol. The van der Waals surface area contributed by atoms with Gasteiger partial charge in [-0.1, -0.05) is 36.4 Å². The lowest BCUT2D eigenvalue weighted by Gasteiger charge is -2.28. The second-order valence-corrected chi connectivity index (χ2v) is 13.8. The van der Waals surface area contributed by atoms with E-state index in [9.17, 15) is 14.0 Å². The first kappa shape index (κ1) is 33.5. The van der Waals surface area contributed by atoms with Crippen LogP contribution in [0.5, 0.6) is 0 Å². The third-order valence-electron chi connectivity index (χ3n) is 9.16. The van der Waals surface area contributed by atoms with Gasteiger partial charge in [0, 0.05) is 41.2 Å². The number of rotatable bonds is 6. The van der Waals surface area contributed by atoms with Gasteiger partial charge in [0.15, 0.2) is 5.43 Å². The van der Waals surface area contributed by atoms with Crippen LogP contribution in [0.15, 0.2) is 83.8 Å². The molecule has 0 spiro atoms. The van der Waals surface area contributed by atoms with Crippen LogP contribution < -0.4 is 16.5 Å². The SMILES string of the molecule is CC(C)(N)c1cccc(C2CCCO2)c1.CC(C)(NC(=O)c1cc2[nH]c3ccccc3c(=O)c2cc1F)c1ccnc(C2CCCO2)c1. The number of aromatic amines is 1. The predicted molar refractivity (Wildman–Crippen MR) is 186 cm³/mol. The summed E-state index contributed by atoms with van der Waals surface area (Å²) in [5, 5.41) is 3.60. The quantitative estimate of drug-likeness (QED) is 0.164. The number of nitrogens with zero attached hydrogens (tertiary/aromatic N) is 1. The Labute approximate surface area is 279 Å². The number of nitrogens with two attached hydrogens (primary N) is 1. The maximum atomic E-state index is 15.0. The van der Waals surface area contributed by atoms with Gasteiger partial charge in [-0.25, -0.2) is 4.39 Å². The highest BCUT2D eigenvalue weighted by Crippen LogP contribution is 2.31. The molecule has 0 saturated carbocycles. The van der Waals surface area contributed by atoms with E-state index in [1.165, 1.54) is 23.6 Å². The molecule has 2 saturated heterocycles. The standard InChI is InChI=1S/C26H24FN3O3.C13H19NO/c1-26(2,15-9-10-28-22(12-15)23-8-5-11-33-23)30-25(32)17-14-21-18(13-19(17)27)24(31)16-6-3-4-7-20(16)29-21;1-13(2,14)11-6-3-5-10(9-11)12-7-4-8-15-12/h3-4,6-7,9-10,12-14,23H,5,8,11H2,1-2H3,(H,29,31)(H,30,32);3,5-6,9,12H,4,7-8,14H2,1-2H3. The molecule has 0 bridgehead atoms. The van der Waals surface area contributed by atoms with Gasteiger partial charge in [0.2, 0.25) is 0 Å². The Morgan fingerprint density at radius 1 is 0.875 bits per heavy atom. The van der Waals surface area contributed by atoms with Crippen molar-refractivity contribution in [1.29, 1.82) is 0 Å². The minimum absolute atomic E-state index is 0.0407. The lowest BCUT2D eigenvalue weighted by Crippen LogP contribution is -2.41. The molecule has 5 aromatic rings. The van der Waals surface area contributed by atoms with Gasteiger partial charge in [0.05, 0.1) is 34.5 Å². The van der Waals surface area contributed by atoms with E-state index in [2.05, 4.69) is 39.6 Å². The predicted octanol–water partition coefficient (Wildman–Crippen LogP) is 7.46. The van der Waals surface area contributed by atoms with Crippen molar-refractivity contribution in [3.05, 3.63) is 123 Å². The van der Waals surface area contributed by atoms with Crippen molar-refractivity contribution in [2.24, 2.45) is 5.73 Å². The minimum atomic E-state index is -0.786. The van der Waals surface area contributed by atoms with Gasteiger partial charge in [-0.05, 0) is 106 Å². The zero-order chi connectivity index (χ0) is 34.1. The molecule has 2 unspecified atom stereocenters. The van der Waals surface area contributed by atoms with E-state index in [-0.39, 0.29) is 34.1 Å². The number of aromatic nitrogens is 2. The van der Waals surface area contributed by atoms with Crippen molar-refractivity contribution in [2.75, 3.05) is 13.2 Å². The summed E-state index contributed by atoms with van der Waals surface area (Å²) >= 11 is 0. The number of hydrogen-bond acceptors (Lipinski definition) is 6. The Balaban J connectivity index is 0.000000223. The van der Waals surface area contributed by atoms with Gasteiger partial charge in [-0.15, -0.1) is 0 Å². The van der Waals surface area contributed by atoms with Crippen LogP contribution in [0.25, 0.3) is 21.8 Å². The lowest BCUT2D eigenvalue weighted by molar-refractivity contribution is 0.0907. The van der Waals surface area contributed by atoms with Gasteiger partial charge in [0.25, 0.3) is 5.91 Å². The van der Waals surface area contributed by atoms with Crippen molar-refractivity contribution < 1.29 is 18.7 Å². The van der Waals surface area contributed by atoms with Crippen molar-refractivity contribution in [3.8, 4) is 0 Å².